The van der Waals surface area contributed by atoms with E-state index >= 15 is 0 Å². The van der Waals surface area contributed by atoms with Gasteiger partial charge in [0.05, 0.1) is 6.04 Å². The number of rotatable bonds is 4. The molecule has 0 bridgehead atoms. The van der Waals surface area contributed by atoms with Crippen LogP contribution < -0.4 is 11.1 Å². The Balaban J connectivity index is 2.40. The number of hydrogen-bond acceptors (Lipinski definition) is 3. The quantitative estimate of drug-likeness (QED) is 0.865. The van der Waals surface area contributed by atoms with E-state index in [0.29, 0.717) is 0 Å². The van der Waals surface area contributed by atoms with Crippen LogP contribution in [-0.2, 0) is 0 Å². The second-order valence-corrected chi connectivity index (χ2v) is 4.41. The molecule has 2 aromatic rings. The Kier molecular flexibility index (Phi) is 3.95. The fourth-order valence-corrected chi connectivity index (χ4v) is 2.03. The van der Waals surface area contributed by atoms with Gasteiger partial charge >= 0.3 is 0 Å². The van der Waals surface area contributed by atoms with E-state index in [2.05, 4.69) is 48.4 Å². The molecule has 0 amide bonds. The van der Waals surface area contributed by atoms with Crippen molar-refractivity contribution >= 4 is 5.69 Å². The Morgan fingerprint density at radius 2 is 1.94 bits per heavy atom. The molecule has 0 aliphatic carbocycles. The average molecular weight is 241 g/mol. The second kappa shape index (κ2) is 5.65. The summed E-state index contributed by atoms with van der Waals surface area (Å²) in [6, 6.07) is 10.4. The van der Waals surface area contributed by atoms with Crippen LogP contribution in [-0.4, -0.2) is 11.5 Å². The van der Waals surface area contributed by atoms with E-state index in [9.17, 15) is 0 Å². The zero-order valence-electron chi connectivity index (χ0n) is 10.9. The highest BCUT2D eigenvalue weighted by atomic mass is 14.9. The molecule has 0 fully saturated rings. The van der Waals surface area contributed by atoms with Crippen LogP contribution in [0.15, 0.2) is 42.7 Å². The molecule has 2 rings (SSSR count). The molecule has 0 aliphatic rings. The van der Waals surface area contributed by atoms with Crippen molar-refractivity contribution in [2.75, 3.05) is 12.3 Å². The van der Waals surface area contributed by atoms with Gasteiger partial charge in [-0.05, 0) is 25.1 Å². The molecule has 18 heavy (non-hydrogen) atoms. The third kappa shape index (κ3) is 2.68. The maximum absolute atomic E-state index is 6.04. The molecular weight excluding hydrogens is 222 g/mol. The molecule has 3 N–H and O–H groups in total. The normalized spacial score (nSPS) is 12.3. The van der Waals surface area contributed by atoms with E-state index in [-0.39, 0.29) is 6.04 Å². The third-order valence-corrected chi connectivity index (χ3v) is 3.02. The van der Waals surface area contributed by atoms with E-state index in [0.717, 1.165) is 17.8 Å². The number of hydrogen-bond donors (Lipinski definition) is 2. The Hall–Kier alpha value is -1.87. The van der Waals surface area contributed by atoms with Gasteiger partial charge in [0, 0.05) is 23.6 Å². The van der Waals surface area contributed by atoms with Crippen LogP contribution in [0.3, 0.4) is 0 Å². The molecule has 1 unspecified atom stereocenters. The van der Waals surface area contributed by atoms with Crippen LogP contribution in [0, 0.1) is 6.92 Å². The van der Waals surface area contributed by atoms with Crippen molar-refractivity contribution in [3.63, 3.8) is 0 Å². The Morgan fingerprint density at radius 1 is 1.22 bits per heavy atom. The molecule has 0 spiro atoms. The molecule has 3 nitrogen and oxygen atoms in total. The van der Waals surface area contributed by atoms with Gasteiger partial charge in [-0.25, -0.2) is 0 Å². The van der Waals surface area contributed by atoms with Gasteiger partial charge in [-0.1, -0.05) is 36.8 Å². The summed E-state index contributed by atoms with van der Waals surface area (Å²) in [5.41, 5.74) is 10.3. The number of nitrogens with one attached hydrogen (secondary N) is 1. The molecule has 1 aromatic heterocycles. The highest BCUT2D eigenvalue weighted by molar-refractivity contribution is 5.49. The zero-order valence-corrected chi connectivity index (χ0v) is 10.9. The summed E-state index contributed by atoms with van der Waals surface area (Å²) in [5.74, 6) is 0. The first-order valence-corrected chi connectivity index (χ1v) is 6.21. The Labute approximate surface area is 108 Å². The minimum absolute atomic E-state index is 0.101. The van der Waals surface area contributed by atoms with Crippen LogP contribution in [0.25, 0.3) is 0 Å². The molecule has 94 valence electrons. The zero-order chi connectivity index (χ0) is 13.0. The molecule has 1 atom stereocenters. The van der Waals surface area contributed by atoms with Crippen LogP contribution in [0.5, 0.6) is 0 Å². The minimum Gasteiger partial charge on any atom is -0.398 e. The van der Waals surface area contributed by atoms with Gasteiger partial charge in [0.2, 0.25) is 0 Å². The smallest absolute Gasteiger partial charge is 0.0612 e. The number of pyridine rings is 1. The van der Waals surface area contributed by atoms with Crippen molar-refractivity contribution in [2.24, 2.45) is 0 Å². The number of anilines is 1. The van der Waals surface area contributed by atoms with Crippen molar-refractivity contribution in [1.82, 2.24) is 10.3 Å². The van der Waals surface area contributed by atoms with Crippen molar-refractivity contribution in [3.8, 4) is 0 Å². The molecular formula is C15H19N3. The first-order chi connectivity index (χ1) is 8.72. The van der Waals surface area contributed by atoms with Crippen molar-refractivity contribution in [3.05, 3.63) is 59.4 Å². The van der Waals surface area contributed by atoms with Gasteiger partial charge in [0.25, 0.3) is 0 Å². The topological polar surface area (TPSA) is 50.9 Å². The number of nitrogens with zero attached hydrogens (tertiary/aromatic N) is 1. The summed E-state index contributed by atoms with van der Waals surface area (Å²) >= 11 is 0. The molecule has 0 saturated carbocycles. The van der Waals surface area contributed by atoms with Gasteiger partial charge in [-0.2, -0.15) is 0 Å². The molecule has 1 heterocycles. The van der Waals surface area contributed by atoms with Crippen LogP contribution >= 0.6 is 0 Å². The largest absolute Gasteiger partial charge is 0.398 e. The lowest BCUT2D eigenvalue weighted by atomic mass is 9.98. The van der Waals surface area contributed by atoms with Gasteiger partial charge in [-0.3, -0.25) is 4.98 Å². The fourth-order valence-electron chi connectivity index (χ4n) is 2.03. The number of nitrogen functional groups attached to an aromatic ring is 1. The maximum atomic E-state index is 6.04. The summed E-state index contributed by atoms with van der Waals surface area (Å²) in [6.45, 7) is 5.06. The van der Waals surface area contributed by atoms with Crippen molar-refractivity contribution in [2.45, 2.75) is 19.9 Å². The number of nitrogens with two attached hydrogens (primary N) is 1. The molecule has 0 aliphatic heterocycles. The minimum atomic E-state index is 0.101. The molecule has 0 saturated heterocycles. The average Bonchev–Trinajstić information content (AvgIpc) is 2.38. The highest BCUT2D eigenvalue weighted by Crippen LogP contribution is 2.25. The SMILES string of the molecule is CCNC(c1ccc(C)cc1)c1cnccc1N. The van der Waals surface area contributed by atoms with Crippen LogP contribution in [0.4, 0.5) is 5.69 Å². The van der Waals surface area contributed by atoms with E-state index < -0.39 is 0 Å². The number of aryl methyl sites for hydroxylation is 1. The monoisotopic (exact) mass is 241 g/mol. The molecule has 0 radical (unpaired) electrons. The summed E-state index contributed by atoms with van der Waals surface area (Å²) < 4.78 is 0. The number of aromatic nitrogens is 1. The van der Waals surface area contributed by atoms with E-state index in [1.165, 1.54) is 11.1 Å². The number of benzene rings is 1. The molecule has 3 heteroatoms. The van der Waals surface area contributed by atoms with Gasteiger partial charge in [0.1, 0.15) is 0 Å². The van der Waals surface area contributed by atoms with Crippen LogP contribution in [0.2, 0.25) is 0 Å². The summed E-state index contributed by atoms with van der Waals surface area (Å²) in [5, 5.41) is 3.46. The third-order valence-electron chi connectivity index (χ3n) is 3.02. The first kappa shape index (κ1) is 12.6. The standard InChI is InChI=1S/C15H19N3/c1-3-18-15(12-6-4-11(2)5-7-12)13-10-17-9-8-14(13)16/h4-10,15,18H,3H2,1-2H3,(H2,16,17). The van der Waals surface area contributed by atoms with E-state index in [4.69, 9.17) is 5.73 Å². The van der Waals surface area contributed by atoms with Gasteiger partial charge in [0.15, 0.2) is 0 Å². The van der Waals surface area contributed by atoms with Gasteiger partial charge in [-0.15, -0.1) is 0 Å². The Bertz CT molecular complexity index is 505. The fraction of sp³-hybridized carbons (Fsp3) is 0.267. The van der Waals surface area contributed by atoms with E-state index in [1.807, 2.05) is 12.3 Å². The summed E-state index contributed by atoms with van der Waals surface area (Å²) in [4.78, 5) is 4.17. The summed E-state index contributed by atoms with van der Waals surface area (Å²) in [6.07, 6.45) is 3.56. The maximum Gasteiger partial charge on any atom is 0.0612 e. The lowest BCUT2D eigenvalue weighted by molar-refractivity contribution is 0.630. The summed E-state index contributed by atoms with van der Waals surface area (Å²) in [7, 11) is 0. The van der Waals surface area contributed by atoms with Crippen molar-refractivity contribution < 1.29 is 0 Å². The van der Waals surface area contributed by atoms with E-state index in [1.54, 1.807) is 6.20 Å². The Morgan fingerprint density at radius 3 is 2.56 bits per heavy atom. The second-order valence-electron chi connectivity index (χ2n) is 4.41. The predicted octanol–water partition coefficient (Wildman–Crippen LogP) is 2.67. The lowest BCUT2D eigenvalue weighted by Crippen LogP contribution is -2.23. The highest BCUT2D eigenvalue weighted by Gasteiger charge is 2.15. The van der Waals surface area contributed by atoms with Crippen molar-refractivity contribution in [1.29, 1.82) is 0 Å². The van der Waals surface area contributed by atoms with Crippen LogP contribution in [0.1, 0.15) is 29.7 Å². The van der Waals surface area contributed by atoms with Gasteiger partial charge < -0.3 is 11.1 Å². The lowest BCUT2D eigenvalue weighted by Gasteiger charge is -2.20. The predicted molar refractivity (Wildman–Crippen MR) is 75.3 cm³/mol. The first-order valence-electron chi connectivity index (χ1n) is 6.21. The molecule has 1 aromatic carbocycles.